The quantitative estimate of drug-likeness (QED) is 0.642. The van der Waals surface area contributed by atoms with E-state index in [1.54, 1.807) is 0 Å². The molecule has 2 N–H and O–H groups in total. The second-order valence-corrected chi connectivity index (χ2v) is 6.81. The standard InChI is InChI=1S/C17H25N3O3/c1-11-13(12(2)20-19-11)6-5-9-18-16(22)14-10-15(21)23-17(14)7-3-4-8-17/h14H,3-10H2,1-2H3,(H,18,22)(H,19,20)/t14-/m1/s1. The summed E-state index contributed by atoms with van der Waals surface area (Å²) in [6, 6.07) is 0. The molecule has 1 aromatic rings. The van der Waals surface area contributed by atoms with Gasteiger partial charge in [0.05, 0.1) is 18.0 Å². The number of H-pyrrole nitrogens is 1. The molecule has 1 saturated heterocycles. The highest BCUT2D eigenvalue weighted by Gasteiger charge is 2.53. The number of aromatic amines is 1. The van der Waals surface area contributed by atoms with E-state index in [0.717, 1.165) is 49.9 Å². The molecule has 0 aromatic carbocycles. The highest BCUT2D eigenvalue weighted by atomic mass is 16.6. The number of esters is 1. The van der Waals surface area contributed by atoms with Crippen LogP contribution in [0.15, 0.2) is 0 Å². The second kappa shape index (κ2) is 6.34. The normalized spacial score (nSPS) is 22.5. The number of aromatic nitrogens is 2. The molecule has 1 atom stereocenters. The van der Waals surface area contributed by atoms with E-state index in [1.807, 2.05) is 13.8 Å². The summed E-state index contributed by atoms with van der Waals surface area (Å²) in [5.41, 5.74) is 2.83. The van der Waals surface area contributed by atoms with Crippen LogP contribution in [0.1, 0.15) is 55.5 Å². The lowest BCUT2D eigenvalue weighted by Crippen LogP contribution is -2.43. The van der Waals surface area contributed by atoms with Crippen LogP contribution in [-0.2, 0) is 20.7 Å². The minimum absolute atomic E-state index is 0.0293. The smallest absolute Gasteiger partial charge is 0.307 e. The predicted octanol–water partition coefficient (Wildman–Crippen LogP) is 1.95. The van der Waals surface area contributed by atoms with Gasteiger partial charge in [-0.1, -0.05) is 0 Å². The molecule has 6 heteroatoms. The minimum atomic E-state index is -0.515. The first-order valence-corrected chi connectivity index (χ1v) is 8.52. The Balaban J connectivity index is 1.50. The first-order chi connectivity index (χ1) is 11.0. The zero-order valence-electron chi connectivity index (χ0n) is 13.9. The SMILES string of the molecule is Cc1n[nH]c(C)c1CCCNC(=O)[C@H]1CC(=O)OC12CCCC2. The molecule has 126 valence electrons. The first kappa shape index (κ1) is 16.0. The lowest BCUT2D eigenvalue weighted by Gasteiger charge is -2.27. The van der Waals surface area contributed by atoms with Gasteiger partial charge in [-0.05, 0) is 57.9 Å². The maximum Gasteiger partial charge on any atom is 0.307 e. The van der Waals surface area contributed by atoms with Gasteiger partial charge in [0, 0.05) is 12.2 Å². The Morgan fingerprint density at radius 2 is 2.13 bits per heavy atom. The lowest BCUT2D eigenvalue weighted by molar-refractivity contribution is -0.149. The monoisotopic (exact) mass is 319 g/mol. The number of hydrogen-bond acceptors (Lipinski definition) is 4. The van der Waals surface area contributed by atoms with E-state index < -0.39 is 5.60 Å². The van der Waals surface area contributed by atoms with Gasteiger partial charge in [-0.3, -0.25) is 14.7 Å². The van der Waals surface area contributed by atoms with Crippen LogP contribution in [0.3, 0.4) is 0 Å². The van der Waals surface area contributed by atoms with Gasteiger partial charge in [-0.25, -0.2) is 0 Å². The van der Waals surface area contributed by atoms with Crippen molar-refractivity contribution < 1.29 is 14.3 Å². The third kappa shape index (κ3) is 3.12. The number of aryl methyl sites for hydroxylation is 2. The van der Waals surface area contributed by atoms with Gasteiger partial charge >= 0.3 is 5.97 Å². The molecule has 1 amide bonds. The zero-order valence-corrected chi connectivity index (χ0v) is 13.9. The Kier molecular flexibility index (Phi) is 4.41. The van der Waals surface area contributed by atoms with Crippen LogP contribution in [0.4, 0.5) is 0 Å². The highest BCUT2D eigenvalue weighted by molar-refractivity contribution is 5.87. The Hall–Kier alpha value is -1.85. The molecule has 2 aliphatic rings. The summed E-state index contributed by atoms with van der Waals surface area (Å²) in [4.78, 5) is 24.2. The summed E-state index contributed by atoms with van der Waals surface area (Å²) in [5.74, 6) is -0.565. The lowest BCUT2D eigenvalue weighted by atomic mass is 9.85. The molecule has 1 aromatic heterocycles. The van der Waals surface area contributed by atoms with E-state index in [-0.39, 0.29) is 24.2 Å². The van der Waals surface area contributed by atoms with E-state index in [2.05, 4.69) is 15.5 Å². The average Bonchev–Trinajstić information content (AvgIpc) is 3.19. The van der Waals surface area contributed by atoms with E-state index in [0.29, 0.717) is 6.54 Å². The maximum absolute atomic E-state index is 12.5. The fraction of sp³-hybridized carbons (Fsp3) is 0.706. The first-order valence-electron chi connectivity index (χ1n) is 8.52. The molecule has 3 rings (SSSR count). The number of carbonyl (C=O) groups is 2. The van der Waals surface area contributed by atoms with Gasteiger partial charge < -0.3 is 10.1 Å². The second-order valence-electron chi connectivity index (χ2n) is 6.81. The van der Waals surface area contributed by atoms with Crippen molar-refractivity contribution in [2.24, 2.45) is 5.92 Å². The van der Waals surface area contributed by atoms with Gasteiger partial charge in [0.25, 0.3) is 0 Å². The molecule has 6 nitrogen and oxygen atoms in total. The Labute approximate surface area is 136 Å². The molecule has 0 bridgehead atoms. The van der Waals surface area contributed by atoms with Gasteiger partial charge in [-0.15, -0.1) is 0 Å². The van der Waals surface area contributed by atoms with Crippen molar-refractivity contribution in [3.63, 3.8) is 0 Å². The van der Waals surface area contributed by atoms with Gasteiger partial charge in [0.15, 0.2) is 0 Å². The van der Waals surface area contributed by atoms with Crippen LogP contribution < -0.4 is 5.32 Å². The Morgan fingerprint density at radius 3 is 2.78 bits per heavy atom. The van der Waals surface area contributed by atoms with E-state index in [1.165, 1.54) is 5.56 Å². The molecule has 1 spiro atoms. The van der Waals surface area contributed by atoms with Crippen LogP contribution in [0.2, 0.25) is 0 Å². The van der Waals surface area contributed by atoms with Crippen LogP contribution >= 0.6 is 0 Å². The summed E-state index contributed by atoms with van der Waals surface area (Å²) in [6.45, 7) is 4.62. The van der Waals surface area contributed by atoms with Crippen molar-refractivity contribution in [3.05, 3.63) is 17.0 Å². The van der Waals surface area contributed by atoms with Gasteiger partial charge in [0.2, 0.25) is 5.91 Å². The molecule has 2 heterocycles. The molecular weight excluding hydrogens is 294 g/mol. The van der Waals surface area contributed by atoms with Crippen LogP contribution in [-0.4, -0.2) is 34.2 Å². The van der Waals surface area contributed by atoms with Crippen molar-refractivity contribution in [1.82, 2.24) is 15.5 Å². The number of rotatable bonds is 5. The molecule has 1 aliphatic heterocycles. The Morgan fingerprint density at radius 1 is 1.39 bits per heavy atom. The van der Waals surface area contributed by atoms with E-state index in [4.69, 9.17) is 4.74 Å². The third-order valence-electron chi connectivity index (χ3n) is 5.27. The fourth-order valence-corrected chi connectivity index (χ4v) is 3.99. The van der Waals surface area contributed by atoms with Crippen molar-refractivity contribution >= 4 is 11.9 Å². The molecule has 2 fully saturated rings. The number of amides is 1. The number of nitrogens with one attached hydrogen (secondary N) is 2. The van der Waals surface area contributed by atoms with Crippen molar-refractivity contribution in [2.75, 3.05) is 6.54 Å². The minimum Gasteiger partial charge on any atom is -0.458 e. The van der Waals surface area contributed by atoms with E-state index in [9.17, 15) is 9.59 Å². The fourth-order valence-electron chi connectivity index (χ4n) is 3.99. The summed E-state index contributed by atoms with van der Waals surface area (Å²) in [7, 11) is 0. The molecule has 1 aliphatic carbocycles. The van der Waals surface area contributed by atoms with Crippen LogP contribution in [0, 0.1) is 19.8 Å². The molecular formula is C17H25N3O3. The predicted molar refractivity (Wildman–Crippen MR) is 84.8 cm³/mol. The highest BCUT2D eigenvalue weighted by Crippen LogP contribution is 2.45. The zero-order chi connectivity index (χ0) is 16.4. The number of ether oxygens (including phenoxy) is 1. The van der Waals surface area contributed by atoms with Gasteiger partial charge in [0.1, 0.15) is 5.60 Å². The van der Waals surface area contributed by atoms with Crippen molar-refractivity contribution in [1.29, 1.82) is 0 Å². The summed E-state index contributed by atoms with van der Waals surface area (Å²) in [5, 5.41) is 10.2. The van der Waals surface area contributed by atoms with Crippen molar-refractivity contribution in [3.8, 4) is 0 Å². The summed E-state index contributed by atoms with van der Waals surface area (Å²) >= 11 is 0. The molecule has 23 heavy (non-hydrogen) atoms. The van der Waals surface area contributed by atoms with Crippen LogP contribution in [0.5, 0.6) is 0 Å². The summed E-state index contributed by atoms with van der Waals surface area (Å²) < 4.78 is 5.53. The van der Waals surface area contributed by atoms with Crippen LogP contribution in [0.25, 0.3) is 0 Å². The molecule has 1 saturated carbocycles. The average molecular weight is 319 g/mol. The maximum atomic E-state index is 12.5. The van der Waals surface area contributed by atoms with E-state index >= 15 is 0 Å². The Bertz CT molecular complexity index is 583. The van der Waals surface area contributed by atoms with Crippen molar-refractivity contribution in [2.45, 2.75) is 64.4 Å². The summed E-state index contributed by atoms with van der Waals surface area (Å²) in [6.07, 6.45) is 5.70. The molecule has 0 unspecified atom stereocenters. The molecule has 0 radical (unpaired) electrons. The number of hydrogen-bond donors (Lipinski definition) is 2. The third-order valence-corrected chi connectivity index (χ3v) is 5.27. The van der Waals surface area contributed by atoms with Gasteiger partial charge in [-0.2, -0.15) is 5.10 Å². The topological polar surface area (TPSA) is 84.1 Å². The number of carbonyl (C=O) groups excluding carboxylic acids is 2. The number of nitrogens with zero attached hydrogens (tertiary/aromatic N) is 1. The largest absolute Gasteiger partial charge is 0.458 e.